The van der Waals surface area contributed by atoms with E-state index in [1.54, 1.807) is 6.07 Å². The first kappa shape index (κ1) is 25.7. The van der Waals surface area contributed by atoms with Crippen LogP contribution in [0.2, 0.25) is 0 Å². The quantitative estimate of drug-likeness (QED) is 0.243. The molecule has 0 atom stereocenters. The number of halogens is 5. The van der Waals surface area contributed by atoms with Crippen LogP contribution in [-0.4, -0.2) is 14.8 Å². The van der Waals surface area contributed by atoms with E-state index in [4.69, 9.17) is 34.8 Å². The van der Waals surface area contributed by atoms with Gasteiger partial charge in [-0.05, 0) is 46.2 Å². The van der Waals surface area contributed by atoms with Gasteiger partial charge in [-0.15, -0.1) is 0 Å². The lowest BCUT2D eigenvalue weighted by Crippen LogP contribution is -2.26. The highest BCUT2D eigenvalue weighted by molar-refractivity contribution is 9.10. The highest BCUT2D eigenvalue weighted by atomic mass is 79.9. The summed E-state index contributed by atoms with van der Waals surface area (Å²) < 4.78 is 2.09. The predicted octanol–water partition coefficient (Wildman–Crippen LogP) is 6.74. The molecule has 0 aliphatic carbocycles. The maximum atomic E-state index is 10.5. The highest BCUT2D eigenvalue weighted by Gasteiger charge is 2.10. The minimum absolute atomic E-state index is 0.0572. The summed E-state index contributed by atoms with van der Waals surface area (Å²) in [4.78, 5) is 4.28. The van der Waals surface area contributed by atoms with E-state index in [2.05, 4.69) is 62.9 Å². The normalized spacial score (nSPS) is 10.4. The molecule has 0 aliphatic heterocycles. The number of aromatic nitrogens is 2. The lowest BCUT2D eigenvalue weighted by molar-refractivity contribution is -0.605. The van der Waals surface area contributed by atoms with Gasteiger partial charge in [0.05, 0.1) is 0 Å². The molecule has 9 heteroatoms. The van der Waals surface area contributed by atoms with Crippen LogP contribution in [0, 0.1) is 19.1 Å². The van der Waals surface area contributed by atoms with Crippen molar-refractivity contribution in [2.24, 2.45) is 0 Å². The number of nitrogens with zero attached hydrogens (tertiary/aromatic N) is 2. The molecule has 0 spiro atoms. The van der Waals surface area contributed by atoms with Crippen LogP contribution in [0.1, 0.15) is 31.9 Å². The molecule has 0 aromatic carbocycles. The number of aryl methyl sites for hydroxylation is 2. The summed E-state index contributed by atoms with van der Waals surface area (Å²) in [5.41, 5.74) is 2.16. The number of rotatable bonds is 1. The van der Waals surface area contributed by atoms with E-state index in [9.17, 15) is 5.21 Å². The van der Waals surface area contributed by atoms with Crippen LogP contribution in [-0.2, 0) is 0 Å². The van der Waals surface area contributed by atoms with Gasteiger partial charge in [0, 0.05) is 32.3 Å². The fraction of sp³-hybridized carbons (Fsp3) is 0.412. The number of alkyl halides is 3. The number of hydrogen-bond acceptors (Lipinski definition) is 3. The minimum atomic E-state index is -0.750. The van der Waals surface area contributed by atoms with Gasteiger partial charge in [0.15, 0.2) is 16.7 Å². The second-order valence-electron chi connectivity index (χ2n) is 6.28. The van der Waals surface area contributed by atoms with Crippen molar-refractivity contribution in [3.63, 3.8) is 0 Å². The highest BCUT2D eigenvalue weighted by Crippen LogP contribution is 2.20. The van der Waals surface area contributed by atoms with Crippen molar-refractivity contribution in [3.05, 3.63) is 56.0 Å². The molecule has 0 unspecified atom stereocenters. The standard InChI is InChI=1S/C10H15BrN2.C6H6BrNO.CHCl3/c1-7-6-12-9(5-8(7)11)13-10(2,3)4;1-5-4-8(9)3-2-6(5)7;2-1(3)4/h5-6H,1-4H3,(H,12,13);2-4H,1H3;1H. The molecule has 0 aliphatic rings. The van der Waals surface area contributed by atoms with Crippen LogP contribution in [0.3, 0.4) is 0 Å². The van der Waals surface area contributed by atoms with Crippen LogP contribution in [0.25, 0.3) is 0 Å². The smallest absolute Gasteiger partial charge is 0.184 e. The Kier molecular flexibility index (Phi) is 12.1. The van der Waals surface area contributed by atoms with E-state index < -0.39 is 4.30 Å². The molecule has 0 radical (unpaired) electrons. The summed E-state index contributed by atoms with van der Waals surface area (Å²) in [5, 5.41) is 13.8. The Labute approximate surface area is 187 Å². The fourth-order valence-electron chi connectivity index (χ4n) is 1.52. The summed E-state index contributed by atoms with van der Waals surface area (Å²) in [7, 11) is 0. The third kappa shape index (κ3) is 13.0. The summed E-state index contributed by atoms with van der Waals surface area (Å²) in [5.74, 6) is 0.907. The number of nitrogens with one attached hydrogen (secondary N) is 1. The van der Waals surface area contributed by atoms with Crippen molar-refractivity contribution < 1.29 is 4.73 Å². The van der Waals surface area contributed by atoms with E-state index in [0.29, 0.717) is 0 Å². The Morgan fingerprint density at radius 2 is 1.65 bits per heavy atom. The van der Waals surface area contributed by atoms with E-state index in [1.807, 2.05) is 26.1 Å². The molecule has 1 N–H and O–H groups in total. The zero-order valence-electron chi connectivity index (χ0n) is 15.2. The average Bonchev–Trinajstić information content (AvgIpc) is 2.46. The first-order valence-corrected chi connectivity index (χ1v) is 10.4. The lowest BCUT2D eigenvalue weighted by atomic mass is 10.1. The molecule has 146 valence electrons. The molecule has 2 aromatic rings. The van der Waals surface area contributed by atoms with E-state index in [1.165, 1.54) is 12.4 Å². The van der Waals surface area contributed by atoms with Crippen LogP contribution in [0.4, 0.5) is 5.82 Å². The summed E-state index contributed by atoms with van der Waals surface area (Å²) in [6.45, 7) is 10.2. The first-order valence-electron chi connectivity index (χ1n) is 7.49. The maximum absolute atomic E-state index is 10.5. The van der Waals surface area contributed by atoms with Gasteiger partial charge < -0.3 is 10.5 Å². The van der Waals surface area contributed by atoms with E-state index >= 15 is 0 Å². The number of hydrogen-bond donors (Lipinski definition) is 1. The largest absolute Gasteiger partial charge is 0.619 e. The number of pyridine rings is 2. The minimum Gasteiger partial charge on any atom is -0.619 e. The molecule has 26 heavy (non-hydrogen) atoms. The van der Waals surface area contributed by atoms with Gasteiger partial charge in [-0.3, -0.25) is 0 Å². The monoisotopic (exact) mass is 547 g/mol. The Bertz CT molecular complexity index is 693. The molecule has 0 bridgehead atoms. The Morgan fingerprint density at radius 3 is 2.04 bits per heavy atom. The van der Waals surface area contributed by atoms with Gasteiger partial charge in [-0.2, -0.15) is 4.73 Å². The van der Waals surface area contributed by atoms with Crippen molar-refractivity contribution in [1.82, 2.24) is 4.98 Å². The van der Waals surface area contributed by atoms with Crippen LogP contribution < -0.4 is 10.0 Å². The molecule has 2 rings (SSSR count). The second kappa shape index (κ2) is 12.2. The summed E-state index contributed by atoms with van der Waals surface area (Å²) in [6, 6.07) is 3.73. The van der Waals surface area contributed by atoms with Crippen LogP contribution in [0.15, 0.2) is 39.7 Å². The van der Waals surface area contributed by atoms with Gasteiger partial charge in [-0.1, -0.05) is 66.7 Å². The van der Waals surface area contributed by atoms with Gasteiger partial charge in [0.25, 0.3) is 0 Å². The predicted molar refractivity (Wildman–Crippen MR) is 119 cm³/mol. The maximum Gasteiger partial charge on any atom is 0.184 e. The van der Waals surface area contributed by atoms with Crippen molar-refractivity contribution in [1.29, 1.82) is 0 Å². The van der Waals surface area contributed by atoms with Crippen molar-refractivity contribution >= 4 is 72.5 Å². The molecule has 0 amide bonds. The molecule has 2 heterocycles. The molecule has 0 saturated carbocycles. The first-order chi connectivity index (χ1) is 11.8. The van der Waals surface area contributed by atoms with Crippen molar-refractivity contribution in [2.75, 3.05) is 5.32 Å². The summed E-state index contributed by atoms with van der Waals surface area (Å²) >= 11 is 21.2. The fourth-order valence-corrected chi connectivity index (χ4v) is 2.06. The van der Waals surface area contributed by atoms with Gasteiger partial charge in [0.2, 0.25) is 0 Å². The van der Waals surface area contributed by atoms with Gasteiger partial charge in [0.1, 0.15) is 5.82 Å². The molecule has 0 saturated heterocycles. The van der Waals surface area contributed by atoms with Gasteiger partial charge >= 0.3 is 0 Å². The van der Waals surface area contributed by atoms with E-state index in [0.717, 1.165) is 30.6 Å². The van der Waals surface area contributed by atoms with Crippen molar-refractivity contribution in [2.45, 2.75) is 44.5 Å². The summed E-state index contributed by atoms with van der Waals surface area (Å²) in [6.07, 6.45) is 4.83. The zero-order chi connectivity index (χ0) is 20.5. The van der Waals surface area contributed by atoms with Crippen molar-refractivity contribution in [3.8, 4) is 0 Å². The molecular formula is C17H22Br2Cl3N3O. The number of anilines is 1. The molecule has 4 nitrogen and oxygen atoms in total. The molecule has 2 aromatic heterocycles. The average molecular weight is 551 g/mol. The molecule has 0 fully saturated rings. The topological polar surface area (TPSA) is 51.9 Å². The SMILES string of the molecule is Cc1c[n+]([O-])ccc1Br.Cc1cnc(NC(C)(C)C)cc1Br.ClC(Cl)Cl. The zero-order valence-corrected chi connectivity index (χ0v) is 20.6. The lowest BCUT2D eigenvalue weighted by Gasteiger charge is -2.21. The van der Waals surface area contributed by atoms with Gasteiger partial charge in [-0.25, -0.2) is 4.98 Å². The second-order valence-corrected chi connectivity index (χ2v) is 9.97. The van der Waals surface area contributed by atoms with Crippen LogP contribution >= 0.6 is 66.7 Å². The van der Waals surface area contributed by atoms with E-state index in [-0.39, 0.29) is 5.54 Å². The Hall–Kier alpha value is -0.270. The Morgan fingerprint density at radius 1 is 1.12 bits per heavy atom. The molecular weight excluding hydrogens is 528 g/mol. The van der Waals surface area contributed by atoms with Crippen LogP contribution in [0.5, 0.6) is 0 Å². The third-order valence-corrected chi connectivity index (χ3v) is 4.35. The third-order valence-electron chi connectivity index (χ3n) is 2.61. The Balaban J connectivity index is 0.000000416.